The molecule has 2 aliphatic heterocycles. The van der Waals surface area contributed by atoms with E-state index in [1.807, 2.05) is 6.07 Å². The Morgan fingerprint density at radius 2 is 2.07 bits per heavy atom. The van der Waals surface area contributed by atoms with Crippen LogP contribution in [0.25, 0.3) is 0 Å². The van der Waals surface area contributed by atoms with Crippen molar-refractivity contribution in [3.8, 4) is 0 Å². The van der Waals surface area contributed by atoms with E-state index in [2.05, 4.69) is 15.1 Å². The highest BCUT2D eigenvalue weighted by molar-refractivity contribution is 5.78. The Balaban J connectivity index is 1.44. The van der Waals surface area contributed by atoms with Gasteiger partial charge in [0.25, 0.3) is 0 Å². The van der Waals surface area contributed by atoms with E-state index in [0.29, 0.717) is 19.2 Å². The van der Waals surface area contributed by atoms with Crippen molar-refractivity contribution in [2.45, 2.75) is 38.3 Å². The molecule has 0 aromatic heterocycles. The largest absolute Gasteiger partial charge is 0.383 e. The van der Waals surface area contributed by atoms with Gasteiger partial charge in [0.2, 0.25) is 5.91 Å². The standard InChI is InChI=1S/C21H32FN3O2/c1-27-13-9-23-21(26)18-5-3-10-25(16-18)20-7-11-24(12-8-20)15-17-4-2-6-19(22)14-17/h2,4,6,14,18,20H,3,5,7-13,15-16H2,1H3,(H,23,26)/t18-/m1/s1. The van der Waals surface area contributed by atoms with Gasteiger partial charge < -0.3 is 10.1 Å². The zero-order valence-electron chi connectivity index (χ0n) is 16.3. The molecule has 0 unspecified atom stereocenters. The number of likely N-dealkylation sites (tertiary alicyclic amines) is 2. The molecular formula is C21H32FN3O2. The molecule has 2 fully saturated rings. The van der Waals surface area contributed by atoms with Crippen molar-refractivity contribution >= 4 is 5.91 Å². The number of hydrogen-bond donors (Lipinski definition) is 1. The zero-order valence-corrected chi connectivity index (χ0v) is 16.3. The molecule has 0 spiro atoms. The van der Waals surface area contributed by atoms with Crippen molar-refractivity contribution in [3.05, 3.63) is 35.6 Å². The van der Waals surface area contributed by atoms with Crippen molar-refractivity contribution in [2.75, 3.05) is 46.4 Å². The van der Waals surface area contributed by atoms with Gasteiger partial charge in [-0.3, -0.25) is 14.6 Å². The molecule has 1 N–H and O–H groups in total. The summed E-state index contributed by atoms with van der Waals surface area (Å²) in [7, 11) is 1.65. The molecule has 27 heavy (non-hydrogen) atoms. The molecule has 150 valence electrons. The van der Waals surface area contributed by atoms with E-state index in [0.717, 1.165) is 64.0 Å². The smallest absolute Gasteiger partial charge is 0.224 e. The van der Waals surface area contributed by atoms with Gasteiger partial charge in [-0.15, -0.1) is 0 Å². The third-order valence-corrected chi connectivity index (χ3v) is 5.80. The summed E-state index contributed by atoms with van der Waals surface area (Å²) in [6.07, 6.45) is 4.31. The van der Waals surface area contributed by atoms with Crippen molar-refractivity contribution in [1.29, 1.82) is 0 Å². The number of piperidine rings is 2. The van der Waals surface area contributed by atoms with Gasteiger partial charge in [0, 0.05) is 32.8 Å². The monoisotopic (exact) mass is 377 g/mol. The molecule has 0 saturated carbocycles. The molecular weight excluding hydrogens is 345 g/mol. The average Bonchev–Trinajstić information content (AvgIpc) is 2.69. The Morgan fingerprint density at radius 3 is 2.81 bits per heavy atom. The molecule has 0 aliphatic carbocycles. The number of amides is 1. The predicted molar refractivity (Wildman–Crippen MR) is 104 cm³/mol. The summed E-state index contributed by atoms with van der Waals surface area (Å²) in [5, 5.41) is 2.99. The van der Waals surface area contributed by atoms with Crippen molar-refractivity contribution < 1.29 is 13.9 Å². The molecule has 1 amide bonds. The molecule has 2 saturated heterocycles. The number of carbonyl (C=O) groups excluding carboxylic acids is 1. The van der Waals surface area contributed by atoms with Crippen LogP contribution in [0.1, 0.15) is 31.2 Å². The van der Waals surface area contributed by atoms with Gasteiger partial charge >= 0.3 is 0 Å². The lowest BCUT2D eigenvalue weighted by molar-refractivity contribution is -0.127. The van der Waals surface area contributed by atoms with E-state index in [1.165, 1.54) is 6.07 Å². The molecule has 0 radical (unpaired) electrons. The molecule has 1 aromatic carbocycles. The van der Waals surface area contributed by atoms with Crippen LogP contribution in [0.15, 0.2) is 24.3 Å². The first-order chi connectivity index (χ1) is 13.2. The lowest BCUT2D eigenvalue weighted by atomic mass is 9.93. The fourth-order valence-electron chi connectivity index (χ4n) is 4.31. The average molecular weight is 378 g/mol. The molecule has 1 atom stereocenters. The van der Waals surface area contributed by atoms with Gasteiger partial charge in [-0.25, -0.2) is 4.39 Å². The minimum atomic E-state index is -0.162. The number of hydrogen-bond acceptors (Lipinski definition) is 4. The number of benzene rings is 1. The quantitative estimate of drug-likeness (QED) is 0.741. The third-order valence-electron chi connectivity index (χ3n) is 5.80. The highest BCUT2D eigenvalue weighted by Crippen LogP contribution is 2.24. The van der Waals surface area contributed by atoms with Crippen LogP contribution in [0.2, 0.25) is 0 Å². The second-order valence-corrected chi connectivity index (χ2v) is 7.76. The van der Waals surface area contributed by atoms with Gasteiger partial charge in [-0.1, -0.05) is 12.1 Å². The first kappa shape index (κ1) is 20.2. The van der Waals surface area contributed by atoms with Crippen LogP contribution in [-0.4, -0.2) is 68.2 Å². The van der Waals surface area contributed by atoms with Crippen molar-refractivity contribution in [1.82, 2.24) is 15.1 Å². The van der Waals surface area contributed by atoms with Crippen LogP contribution in [-0.2, 0) is 16.1 Å². The van der Waals surface area contributed by atoms with Crippen molar-refractivity contribution in [3.63, 3.8) is 0 Å². The number of methoxy groups -OCH3 is 1. The molecule has 3 rings (SSSR count). The van der Waals surface area contributed by atoms with Crippen LogP contribution in [0, 0.1) is 11.7 Å². The number of rotatable bonds is 7. The van der Waals surface area contributed by atoms with Gasteiger partial charge in [-0.05, 0) is 63.0 Å². The lowest BCUT2D eigenvalue weighted by Gasteiger charge is -2.42. The van der Waals surface area contributed by atoms with E-state index in [4.69, 9.17) is 4.74 Å². The van der Waals surface area contributed by atoms with Gasteiger partial charge in [0.15, 0.2) is 0 Å². The molecule has 5 nitrogen and oxygen atoms in total. The Kier molecular flexibility index (Phi) is 7.61. The summed E-state index contributed by atoms with van der Waals surface area (Å²) in [6.45, 7) is 5.99. The number of halogens is 1. The number of nitrogens with zero attached hydrogens (tertiary/aromatic N) is 2. The Labute approximate surface area is 161 Å². The summed E-state index contributed by atoms with van der Waals surface area (Å²) in [6, 6.07) is 7.45. The minimum absolute atomic E-state index is 0.0981. The fourth-order valence-corrected chi connectivity index (χ4v) is 4.31. The van der Waals surface area contributed by atoms with Crippen LogP contribution in [0.4, 0.5) is 4.39 Å². The highest BCUT2D eigenvalue weighted by atomic mass is 19.1. The summed E-state index contributed by atoms with van der Waals surface area (Å²) in [5.41, 5.74) is 1.04. The SMILES string of the molecule is COCCNC(=O)[C@@H]1CCCN(C2CCN(Cc3cccc(F)c3)CC2)C1. The van der Waals surface area contributed by atoms with E-state index in [9.17, 15) is 9.18 Å². The third kappa shape index (κ3) is 5.99. The topological polar surface area (TPSA) is 44.8 Å². The zero-order chi connectivity index (χ0) is 19.1. The molecule has 6 heteroatoms. The maximum Gasteiger partial charge on any atom is 0.224 e. The van der Waals surface area contributed by atoms with Gasteiger partial charge in [0.1, 0.15) is 5.82 Å². The first-order valence-electron chi connectivity index (χ1n) is 10.1. The van der Waals surface area contributed by atoms with Gasteiger partial charge in [-0.2, -0.15) is 0 Å². The van der Waals surface area contributed by atoms with Crippen LogP contribution in [0.3, 0.4) is 0 Å². The first-order valence-corrected chi connectivity index (χ1v) is 10.1. The Morgan fingerprint density at radius 1 is 1.26 bits per heavy atom. The molecule has 2 aliphatic rings. The number of carbonyl (C=O) groups is 1. The second-order valence-electron chi connectivity index (χ2n) is 7.76. The van der Waals surface area contributed by atoms with E-state index >= 15 is 0 Å². The summed E-state index contributed by atoms with van der Waals surface area (Å²) >= 11 is 0. The molecule has 2 heterocycles. The van der Waals surface area contributed by atoms with Crippen LogP contribution in [0.5, 0.6) is 0 Å². The molecule has 0 bridgehead atoms. The predicted octanol–water partition coefficient (Wildman–Crippen LogP) is 2.26. The summed E-state index contributed by atoms with van der Waals surface area (Å²) in [4.78, 5) is 17.3. The van der Waals surface area contributed by atoms with Crippen molar-refractivity contribution in [2.24, 2.45) is 5.92 Å². The van der Waals surface area contributed by atoms with Crippen LogP contribution < -0.4 is 5.32 Å². The Hall–Kier alpha value is -1.50. The minimum Gasteiger partial charge on any atom is -0.383 e. The van der Waals surface area contributed by atoms with E-state index in [-0.39, 0.29) is 17.6 Å². The number of nitrogens with one attached hydrogen (secondary N) is 1. The van der Waals surface area contributed by atoms with Gasteiger partial charge in [0.05, 0.1) is 12.5 Å². The van der Waals surface area contributed by atoms with Crippen LogP contribution >= 0.6 is 0 Å². The Bertz CT molecular complexity index is 605. The summed E-state index contributed by atoms with van der Waals surface area (Å²) in [5.74, 6) is 0.103. The highest BCUT2D eigenvalue weighted by Gasteiger charge is 2.31. The molecule has 1 aromatic rings. The normalized spacial score (nSPS) is 22.7. The maximum atomic E-state index is 13.4. The number of ether oxygens (including phenoxy) is 1. The van der Waals surface area contributed by atoms with E-state index < -0.39 is 0 Å². The summed E-state index contributed by atoms with van der Waals surface area (Å²) < 4.78 is 18.4. The lowest BCUT2D eigenvalue weighted by Crippen LogP contribution is -2.50. The second kappa shape index (κ2) is 10.2. The maximum absolute atomic E-state index is 13.4. The van der Waals surface area contributed by atoms with E-state index in [1.54, 1.807) is 19.2 Å². The fraction of sp³-hybridized carbons (Fsp3) is 0.667.